The Morgan fingerprint density at radius 1 is 1.24 bits per heavy atom. The summed E-state index contributed by atoms with van der Waals surface area (Å²) in [5.74, 6) is -3.54. The van der Waals surface area contributed by atoms with Crippen LogP contribution in [0.5, 0.6) is 0 Å². The Morgan fingerprint density at radius 3 is 1.88 bits per heavy atom. The minimum Gasteiger partial charge on any atom is -0.479 e. The predicted molar refractivity (Wildman–Crippen MR) is 55.3 cm³/mol. The molecule has 0 aromatic heterocycles. The maximum Gasteiger partial charge on any atom is 0.335 e. The van der Waals surface area contributed by atoms with Crippen LogP contribution in [0.3, 0.4) is 0 Å². The quantitative estimate of drug-likeness (QED) is 0.385. The van der Waals surface area contributed by atoms with Crippen molar-refractivity contribution in [2.24, 2.45) is 5.73 Å². The molecule has 100 valence electrons. The molecule has 0 aromatic rings. The second kappa shape index (κ2) is 7.96. The maximum atomic E-state index is 9.77. The number of carboxylic acid groups (broad SMARTS) is 2. The Kier molecular flexibility index (Phi) is 7.39. The summed E-state index contributed by atoms with van der Waals surface area (Å²) in [4.78, 5) is 19.5. The average molecular weight is 251 g/mol. The highest BCUT2D eigenvalue weighted by molar-refractivity contribution is 5.83. The van der Waals surface area contributed by atoms with Crippen LogP contribution in [0.1, 0.15) is 12.8 Å². The molecule has 1 aliphatic rings. The average Bonchev–Trinajstić information content (AvgIpc) is 2.80. The Balaban J connectivity index is 0.000000318. The molecule has 1 rings (SSSR count). The molecule has 0 aliphatic carbocycles. The van der Waals surface area contributed by atoms with Gasteiger partial charge >= 0.3 is 11.9 Å². The molecule has 1 saturated heterocycles. The van der Waals surface area contributed by atoms with E-state index in [-0.39, 0.29) is 0 Å². The number of hydrogen-bond donors (Lipinski definition) is 5. The van der Waals surface area contributed by atoms with Gasteiger partial charge in [-0.25, -0.2) is 9.59 Å². The van der Waals surface area contributed by atoms with E-state index in [1.807, 2.05) is 0 Å². The second-order valence-corrected chi connectivity index (χ2v) is 3.44. The van der Waals surface area contributed by atoms with Crippen LogP contribution < -0.4 is 5.73 Å². The SMILES string of the molecule is NCC1CCCO1.O=C(O)C(O)C(O)C(=O)O. The molecule has 0 spiro atoms. The standard InChI is InChI=1S/C5H11NO.C4H6O6/c6-4-5-2-1-3-7-5;5-1(3(7)8)2(6)4(9)10/h5H,1-4,6H2;1-2,5-6H,(H,7,8)(H,9,10). The number of aliphatic hydroxyl groups is 2. The van der Waals surface area contributed by atoms with E-state index >= 15 is 0 Å². The number of rotatable bonds is 4. The van der Waals surface area contributed by atoms with Crippen LogP contribution >= 0.6 is 0 Å². The van der Waals surface area contributed by atoms with Crippen molar-refractivity contribution in [3.63, 3.8) is 0 Å². The van der Waals surface area contributed by atoms with Crippen molar-refractivity contribution < 1.29 is 34.8 Å². The van der Waals surface area contributed by atoms with Crippen LogP contribution in [-0.4, -0.2) is 63.8 Å². The zero-order valence-corrected chi connectivity index (χ0v) is 9.15. The van der Waals surface area contributed by atoms with Gasteiger partial charge in [0.25, 0.3) is 0 Å². The van der Waals surface area contributed by atoms with Gasteiger partial charge in [0.1, 0.15) is 0 Å². The molecule has 0 aromatic carbocycles. The van der Waals surface area contributed by atoms with Crippen LogP contribution in [0.15, 0.2) is 0 Å². The van der Waals surface area contributed by atoms with E-state index in [9.17, 15) is 9.59 Å². The third-order valence-electron chi connectivity index (χ3n) is 2.09. The first-order valence-electron chi connectivity index (χ1n) is 5.03. The molecule has 1 heterocycles. The van der Waals surface area contributed by atoms with Crippen LogP contribution in [0, 0.1) is 0 Å². The molecular weight excluding hydrogens is 234 g/mol. The fraction of sp³-hybridized carbons (Fsp3) is 0.778. The fourth-order valence-electron chi connectivity index (χ4n) is 1.10. The fourth-order valence-corrected chi connectivity index (χ4v) is 1.10. The largest absolute Gasteiger partial charge is 0.479 e. The number of hydrogen-bond acceptors (Lipinski definition) is 6. The van der Waals surface area contributed by atoms with Gasteiger partial charge in [-0.05, 0) is 12.8 Å². The maximum absolute atomic E-state index is 9.77. The molecule has 0 amide bonds. The summed E-state index contributed by atoms with van der Waals surface area (Å²) in [6.45, 7) is 1.61. The minimum atomic E-state index is -2.27. The normalized spacial score (nSPS) is 22.2. The number of nitrogens with two attached hydrogens (primary N) is 1. The third kappa shape index (κ3) is 6.17. The highest BCUT2D eigenvalue weighted by Crippen LogP contribution is 2.09. The van der Waals surface area contributed by atoms with E-state index in [1.165, 1.54) is 6.42 Å². The molecule has 8 nitrogen and oxygen atoms in total. The van der Waals surface area contributed by atoms with Gasteiger partial charge in [-0.1, -0.05) is 0 Å². The number of aliphatic hydroxyl groups excluding tert-OH is 2. The molecule has 3 unspecified atom stereocenters. The van der Waals surface area contributed by atoms with Gasteiger partial charge in [0.15, 0.2) is 12.2 Å². The van der Waals surface area contributed by atoms with E-state index in [2.05, 4.69) is 0 Å². The lowest BCUT2D eigenvalue weighted by molar-refractivity contribution is -0.165. The van der Waals surface area contributed by atoms with Gasteiger partial charge in [0.05, 0.1) is 6.10 Å². The van der Waals surface area contributed by atoms with Gasteiger partial charge in [0.2, 0.25) is 0 Å². The summed E-state index contributed by atoms with van der Waals surface area (Å²) in [7, 11) is 0. The molecule has 8 heteroatoms. The molecule has 3 atom stereocenters. The number of carboxylic acids is 2. The molecule has 1 fully saturated rings. The van der Waals surface area contributed by atoms with Crippen LogP contribution in [0.2, 0.25) is 0 Å². The summed E-state index contributed by atoms with van der Waals surface area (Å²) in [6, 6.07) is 0. The van der Waals surface area contributed by atoms with Gasteiger partial charge in [0, 0.05) is 13.2 Å². The molecule has 1 aliphatic heterocycles. The summed E-state index contributed by atoms with van der Waals surface area (Å²) in [5, 5.41) is 32.5. The topological polar surface area (TPSA) is 150 Å². The van der Waals surface area contributed by atoms with Gasteiger partial charge in [-0.2, -0.15) is 0 Å². The zero-order chi connectivity index (χ0) is 13.4. The van der Waals surface area contributed by atoms with Crippen molar-refractivity contribution >= 4 is 11.9 Å². The van der Waals surface area contributed by atoms with Crippen LogP contribution in [0.25, 0.3) is 0 Å². The number of ether oxygens (including phenoxy) is 1. The van der Waals surface area contributed by atoms with Gasteiger partial charge in [-0.15, -0.1) is 0 Å². The number of aliphatic carboxylic acids is 2. The van der Waals surface area contributed by atoms with E-state index in [4.69, 9.17) is 30.9 Å². The molecule has 0 bridgehead atoms. The molecule has 0 radical (unpaired) electrons. The van der Waals surface area contributed by atoms with Crippen molar-refractivity contribution in [3.05, 3.63) is 0 Å². The Morgan fingerprint density at radius 2 is 1.71 bits per heavy atom. The first-order chi connectivity index (χ1) is 7.90. The molecular formula is C9H17NO7. The predicted octanol–water partition coefficient (Wildman–Crippen LogP) is -2.00. The smallest absolute Gasteiger partial charge is 0.335 e. The lowest BCUT2D eigenvalue weighted by atomic mass is 10.2. The van der Waals surface area contributed by atoms with E-state index in [0.717, 1.165) is 13.0 Å². The van der Waals surface area contributed by atoms with Crippen molar-refractivity contribution in [3.8, 4) is 0 Å². The Labute approximate surface area is 97.6 Å². The van der Waals surface area contributed by atoms with Crippen molar-refractivity contribution in [1.29, 1.82) is 0 Å². The zero-order valence-electron chi connectivity index (χ0n) is 9.15. The summed E-state index contributed by atoms with van der Waals surface area (Å²) < 4.78 is 5.18. The molecule has 17 heavy (non-hydrogen) atoms. The van der Waals surface area contributed by atoms with E-state index < -0.39 is 24.1 Å². The second-order valence-electron chi connectivity index (χ2n) is 3.44. The summed E-state index contributed by atoms with van der Waals surface area (Å²) in [5.41, 5.74) is 5.31. The van der Waals surface area contributed by atoms with Crippen molar-refractivity contribution in [1.82, 2.24) is 0 Å². The number of carbonyl (C=O) groups is 2. The van der Waals surface area contributed by atoms with Gasteiger partial charge < -0.3 is 30.9 Å². The molecule has 6 N–H and O–H groups in total. The first-order valence-corrected chi connectivity index (χ1v) is 5.03. The van der Waals surface area contributed by atoms with E-state index in [0.29, 0.717) is 12.6 Å². The minimum absolute atomic E-state index is 0.375. The Hall–Kier alpha value is -1.22. The van der Waals surface area contributed by atoms with Crippen molar-refractivity contribution in [2.75, 3.05) is 13.2 Å². The van der Waals surface area contributed by atoms with Crippen LogP contribution in [-0.2, 0) is 14.3 Å². The third-order valence-corrected chi connectivity index (χ3v) is 2.09. The lowest BCUT2D eigenvalue weighted by Crippen LogP contribution is -2.39. The summed E-state index contributed by atoms with van der Waals surface area (Å²) >= 11 is 0. The van der Waals surface area contributed by atoms with E-state index in [1.54, 1.807) is 0 Å². The van der Waals surface area contributed by atoms with Crippen molar-refractivity contribution in [2.45, 2.75) is 31.2 Å². The first kappa shape index (κ1) is 15.8. The monoisotopic (exact) mass is 251 g/mol. The lowest BCUT2D eigenvalue weighted by Gasteiger charge is -2.07. The molecule has 0 saturated carbocycles. The van der Waals surface area contributed by atoms with Gasteiger partial charge in [-0.3, -0.25) is 0 Å². The highest BCUT2D eigenvalue weighted by Gasteiger charge is 2.29. The highest BCUT2D eigenvalue weighted by atomic mass is 16.5. The summed E-state index contributed by atoms with van der Waals surface area (Å²) in [6.07, 6.45) is -1.80. The Bertz CT molecular complexity index is 234. The van der Waals surface area contributed by atoms with Crippen LogP contribution in [0.4, 0.5) is 0 Å².